The van der Waals surface area contributed by atoms with E-state index in [0.717, 1.165) is 64.2 Å². The molecule has 4 saturated carbocycles. The Morgan fingerprint density at radius 2 is 1.69 bits per heavy atom. The van der Waals surface area contributed by atoms with Crippen LogP contribution >= 0.6 is 0 Å². The number of ether oxygens (including phenoxy) is 1. The molecular formula is C36H59NO5. The lowest BCUT2D eigenvalue weighted by Gasteiger charge is -2.71. The molecule has 4 fully saturated rings. The lowest BCUT2D eigenvalue weighted by Crippen LogP contribution is -2.66. The number of aliphatic hydroxyl groups is 2. The van der Waals surface area contributed by atoms with Gasteiger partial charge in [-0.25, -0.2) is 0 Å². The van der Waals surface area contributed by atoms with Gasteiger partial charge in [0.15, 0.2) is 0 Å². The SMILES string of the molecule is CCOC(=O)CCCNC(=O)[C@]12CCC(C)(C)C[C@@H]1C1=CC[C@@H]3[C@@]4(C)CC[C@H](O)[C@@](C)(CO)C4CC[C@@]3(C)[C@]1(C)CC2. The van der Waals surface area contributed by atoms with Gasteiger partial charge in [-0.1, -0.05) is 53.2 Å². The summed E-state index contributed by atoms with van der Waals surface area (Å²) in [6, 6.07) is 0. The molecule has 5 rings (SSSR count). The molecule has 1 unspecified atom stereocenters. The third kappa shape index (κ3) is 4.63. The zero-order chi connectivity index (χ0) is 30.8. The second-order valence-corrected chi connectivity index (χ2v) is 16.8. The summed E-state index contributed by atoms with van der Waals surface area (Å²) in [5, 5.41) is 24.8. The van der Waals surface area contributed by atoms with Gasteiger partial charge in [0.25, 0.3) is 0 Å². The molecule has 0 saturated heterocycles. The highest BCUT2D eigenvalue weighted by Gasteiger charge is 2.69. The fraction of sp³-hybridized carbons (Fsp3) is 0.889. The normalized spacial score (nSPS) is 45.8. The van der Waals surface area contributed by atoms with E-state index >= 15 is 0 Å². The maximum atomic E-state index is 14.1. The quantitative estimate of drug-likeness (QED) is 0.178. The van der Waals surface area contributed by atoms with Gasteiger partial charge in [-0.05, 0) is 117 Å². The first kappa shape index (κ1) is 32.0. The maximum Gasteiger partial charge on any atom is 0.305 e. The van der Waals surface area contributed by atoms with Crippen molar-refractivity contribution in [1.29, 1.82) is 0 Å². The van der Waals surface area contributed by atoms with Crippen molar-refractivity contribution in [1.82, 2.24) is 5.32 Å². The van der Waals surface area contributed by atoms with Gasteiger partial charge in [0, 0.05) is 18.4 Å². The van der Waals surface area contributed by atoms with Crippen molar-refractivity contribution in [2.24, 2.45) is 50.2 Å². The number of allylic oxidation sites excluding steroid dienone is 2. The van der Waals surface area contributed by atoms with Crippen LogP contribution in [0.1, 0.15) is 126 Å². The minimum absolute atomic E-state index is 0.0291. The zero-order valence-corrected chi connectivity index (χ0v) is 27.6. The van der Waals surface area contributed by atoms with Crippen molar-refractivity contribution < 1.29 is 24.5 Å². The number of esters is 1. The molecule has 0 bridgehead atoms. The summed E-state index contributed by atoms with van der Waals surface area (Å²) >= 11 is 0. The predicted molar refractivity (Wildman–Crippen MR) is 165 cm³/mol. The Kier molecular flexibility index (Phi) is 8.30. The summed E-state index contributed by atoms with van der Waals surface area (Å²) in [7, 11) is 0. The minimum atomic E-state index is -0.445. The van der Waals surface area contributed by atoms with Crippen molar-refractivity contribution in [3.05, 3.63) is 11.6 Å². The summed E-state index contributed by atoms with van der Waals surface area (Å²) in [6.45, 7) is 17.2. The molecule has 6 nitrogen and oxygen atoms in total. The number of nitrogens with one attached hydrogen (secondary N) is 1. The molecule has 5 aliphatic rings. The lowest BCUT2D eigenvalue weighted by molar-refractivity contribution is -0.215. The Balaban J connectivity index is 1.45. The van der Waals surface area contributed by atoms with Crippen LogP contribution in [0.3, 0.4) is 0 Å². The Morgan fingerprint density at radius 1 is 0.976 bits per heavy atom. The zero-order valence-electron chi connectivity index (χ0n) is 27.6. The molecule has 0 spiro atoms. The van der Waals surface area contributed by atoms with Crippen LogP contribution in [0.15, 0.2) is 11.6 Å². The fourth-order valence-corrected chi connectivity index (χ4v) is 11.5. The number of carbonyl (C=O) groups is 2. The van der Waals surface area contributed by atoms with Crippen LogP contribution in [0.2, 0.25) is 0 Å². The first-order chi connectivity index (χ1) is 19.6. The largest absolute Gasteiger partial charge is 0.466 e. The standard InChI is InChI=1S/C36H59NO5/c1-8-42-29(40)10-9-21-37-30(41)36-19-17-31(2,3)22-25(36)24-11-12-27-32(4)15-14-28(39)33(5,23-38)26(32)13-16-35(27,7)34(24,6)18-20-36/h11,25-28,38-39H,8-10,12-23H2,1-7H3,(H,37,41)/t25-,26?,27-,28+,32+,33+,34-,35-,36+/m1/s1. The molecule has 5 aliphatic carbocycles. The molecule has 9 atom stereocenters. The average molecular weight is 586 g/mol. The minimum Gasteiger partial charge on any atom is -0.466 e. The number of hydrogen-bond donors (Lipinski definition) is 3. The van der Waals surface area contributed by atoms with Crippen molar-refractivity contribution in [3.8, 4) is 0 Å². The van der Waals surface area contributed by atoms with Crippen molar-refractivity contribution in [2.75, 3.05) is 19.8 Å². The van der Waals surface area contributed by atoms with Crippen LogP contribution in [0.4, 0.5) is 0 Å². The molecule has 0 aromatic carbocycles. The van der Waals surface area contributed by atoms with Gasteiger partial charge in [-0.2, -0.15) is 0 Å². The van der Waals surface area contributed by atoms with E-state index in [1.807, 2.05) is 6.92 Å². The number of carbonyl (C=O) groups excluding carboxylic acids is 2. The van der Waals surface area contributed by atoms with E-state index in [1.54, 1.807) is 5.57 Å². The number of rotatable bonds is 7. The van der Waals surface area contributed by atoms with Gasteiger partial charge >= 0.3 is 5.97 Å². The van der Waals surface area contributed by atoms with Gasteiger partial charge in [-0.15, -0.1) is 0 Å². The first-order valence-electron chi connectivity index (χ1n) is 17.1. The van der Waals surface area contributed by atoms with Gasteiger partial charge < -0.3 is 20.3 Å². The van der Waals surface area contributed by atoms with Crippen LogP contribution < -0.4 is 5.32 Å². The first-order valence-corrected chi connectivity index (χ1v) is 17.1. The molecule has 0 radical (unpaired) electrons. The van der Waals surface area contributed by atoms with Crippen LogP contribution in [0.5, 0.6) is 0 Å². The second-order valence-electron chi connectivity index (χ2n) is 16.8. The molecule has 0 heterocycles. The van der Waals surface area contributed by atoms with Crippen LogP contribution in [0.25, 0.3) is 0 Å². The number of fused-ring (bicyclic) bond motifs is 7. The van der Waals surface area contributed by atoms with E-state index in [-0.39, 0.29) is 51.5 Å². The summed E-state index contributed by atoms with van der Waals surface area (Å²) in [4.78, 5) is 26.0. The molecule has 3 N–H and O–H groups in total. The summed E-state index contributed by atoms with van der Waals surface area (Å²) in [6.07, 6.45) is 13.0. The van der Waals surface area contributed by atoms with Gasteiger partial charge in [-0.3, -0.25) is 9.59 Å². The Morgan fingerprint density at radius 3 is 2.38 bits per heavy atom. The maximum absolute atomic E-state index is 14.1. The van der Waals surface area contributed by atoms with Gasteiger partial charge in [0.1, 0.15) is 0 Å². The van der Waals surface area contributed by atoms with Crippen LogP contribution in [0, 0.1) is 50.2 Å². The van der Waals surface area contributed by atoms with Crippen molar-refractivity contribution in [3.63, 3.8) is 0 Å². The topological polar surface area (TPSA) is 95.9 Å². The molecular weight excluding hydrogens is 526 g/mol. The van der Waals surface area contributed by atoms with E-state index in [9.17, 15) is 19.8 Å². The predicted octanol–water partition coefficient (Wildman–Crippen LogP) is 6.58. The monoisotopic (exact) mass is 585 g/mol. The summed E-state index contributed by atoms with van der Waals surface area (Å²) in [5.41, 5.74) is 1.14. The van der Waals surface area contributed by atoms with Gasteiger partial charge in [0.2, 0.25) is 5.91 Å². The third-order valence-corrected chi connectivity index (χ3v) is 14.4. The van der Waals surface area contributed by atoms with Crippen molar-refractivity contribution in [2.45, 2.75) is 132 Å². The number of amides is 1. The van der Waals surface area contributed by atoms with E-state index in [4.69, 9.17) is 4.74 Å². The van der Waals surface area contributed by atoms with E-state index in [0.29, 0.717) is 37.8 Å². The molecule has 0 aromatic heterocycles. The van der Waals surface area contributed by atoms with Crippen LogP contribution in [-0.2, 0) is 14.3 Å². The van der Waals surface area contributed by atoms with Crippen LogP contribution in [-0.4, -0.2) is 48.0 Å². The highest BCUT2D eigenvalue weighted by atomic mass is 16.5. The molecule has 42 heavy (non-hydrogen) atoms. The second kappa shape index (κ2) is 10.9. The molecule has 0 aromatic rings. The van der Waals surface area contributed by atoms with Gasteiger partial charge in [0.05, 0.1) is 24.7 Å². The molecule has 6 heteroatoms. The Hall–Kier alpha value is -1.40. The van der Waals surface area contributed by atoms with Crippen molar-refractivity contribution >= 4 is 11.9 Å². The molecule has 1 amide bonds. The summed E-state index contributed by atoms with van der Waals surface area (Å²) < 4.78 is 5.07. The Bertz CT molecular complexity index is 1100. The Labute approximate surface area is 254 Å². The summed E-state index contributed by atoms with van der Waals surface area (Å²) in [5.74, 6) is 1.05. The highest BCUT2D eigenvalue weighted by Crippen LogP contribution is 2.75. The van der Waals surface area contributed by atoms with E-state index in [2.05, 4.69) is 52.9 Å². The smallest absolute Gasteiger partial charge is 0.305 e. The average Bonchev–Trinajstić information content (AvgIpc) is 2.93. The highest BCUT2D eigenvalue weighted by molar-refractivity contribution is 5.84. The van der Waals surface area contributed by atoms with E-state index < -0.39 is 11.5 Å². The lowest BCUT2D eigenvalue weighted by atomic mass is 9.33. The number of hydrogen-bond acceptors (Lipinski definition) is 5. The molecule has 0 aliphatic heterocycles. The molecule has 238 valence electrons. The number of aliphatic hydroxyl groups excluding tert-OH is 2. The fourth-order valence-electron chi connectivity index (χ4n) is 11.5. The van der Waals surface area contributed by atoms with E-state index in [1.165, 1.54) is 0 Å². The third-order valence-electron chi connectivity index (χ3n) is 14.4.